The predicted molar refractivity (Wildman–Crippen MR) is 43.0 cm³/mol. The molecule has 0 aromatic carbocycles. The Kier molecular flexibility index (Phi) is 4.55. The first-order chi connectivity index (χ1) is 4.54. The lowest BCUT2D eigenvalue weighted by atomic mass is 10.1. The van der Waals surface area contributed by atoms with Gasteiger partial charge in [0.2, 0.25) is 0 Å². The molecule has 0 amide bonds. The molecule has 0 aliphatic carbocycles. The summed E-state index contributed by atoms with van der Waals surface area (Å²) in [6.45, 7) is 1.94. The van der Waals surface area contributed by atoms with E-state index in [0.717, 1.165) is 12.8 Å². The molecule has 0 spiro atoms. The molecule has 0 aromatic heterocycles. The summed E-state index contributed by atoms with van der Waals surface area (Å²) < 4.78 is 0. The van der Waals surface area contributed by atoms with Crippen molar-refractivity contribution in [2.75, 3.05) is 0 Å². The van der Waals surface area contributed by atoms with Crippen LogP contribution in [0, 0.1) is 0 Å². The Morgan fingerprint density at radius 2 is 1.50 bits per heavy atom. The summed E-state index contributed by atoms with van der Waals surface area (Å²) in [4.78, 5) is 0. The van der Waals surface area contributed by atoms with Crippen LogP contribution in [0.1, 0.15) is 19.8 Å². The van der Waals surface area contributed by atoms with Crippen LogP contribution in [0.4, 0.5) is 0 Å². The molecule has 4 heteroatoms. The third-order valence-electron chi connectivity index (χ3n) is 1.45. The summed E-state index contributed by atoms with van der Waals surface area (Å²) in [5, 5.41) is 0. The molecule has 62 valence electrons. The minimum absolute atomic E-state index is 0.119. The van der Waals surface area contributed by atoms with Crippen molar-refractivity contribution in [3.05, 3.63) is 0 Å². The highest BCUT2D eigenvalue weighted by Gasteiger charge is 2.08. The summed E-state index contributed by atoms with van der Waals surface area (Å²) in [5.41, 5.74) is 21.7. The van der Waals surface area contributed by atoms with Gasteiger partial charge in [-0.25, -0.2) is 0 Å². The van der Waals surface area contributed by atoms with Crippen molar-refractivity contribution in [1.82, 2.24) is 0 Å². The van der Waals surface area contributed by atoms with E-state index in [0.29, 0.717) is 0 Å². The smallest absolute Gasteiger partial charge is 0.0677 e. The highest BCUT2D eigenvalue weighted by molar-refractivity contribution is 4.71. The van der Waals surface area contributed by atoms with E-state index >= 15 is 0 Å². The SMILES string of the molecule is CC(N)CC[C@@H](N)C(N)N. The van der Waals surface area contributed by atoms with Gasteiger partial charge in [-0.1, -0.05) is 0 Å². The Morgan fingerprint density at radius 1 is 1.00 bits per heavy atom. The number of nitrogens with two attached hydrogens (primary N) is 4. The standard InChI is InChI=1S/C6H18N4/c1-4(7)2-3-5(8)6(9)10/h4-6H,2-3,7-10H2,1H3/t4?,5-/m1/s1. The molecule has 1 unspecified atom stereocenters. The Balaban J connectivity index is 3.30. The van der Waals surface area contributed by atoms with Gasteiger partial charge in [0.15, 0.2) is 0 Å². The van der Waals surface area contributed by atoms with E-state index in [4.69, 9.17) is 22.9 Å². The Morgan fingerprint density at radius 3 is 1.80 bits per heavy atom. The van der Waals surface area contributed by atoms with Crippen LogP contribution in [0.5, 0.6) is 0 Å². The average molecular weight is 146 g/mol. The van der Waals surface area contributed by atoms with Crippen molar-refractivity contribution in [1.29, 1.82) is 0 Å². The Bertz CT molecular complexity index is 81.8. The molecule has 0 saturated carbocycles. The van der Waals surface area contributed by atoms with Crippen LogP contribution < -0.4 is 22.9 Å². The molecule has 2 atom stereocenters. The van der Waals surface area contributed by atoms with Gasteiger partial charge < -0.3 is 22.9 Å². The molecule has 4 nitrogen and oxygen atoms in total. The first-order valence-corrected chi connectivity index (χ1v) is 3.56. The third-order valence-corrected chi connectivity index (χ3v) is 1.45. The summed E-state index contributed by atoms with van der Waals surface area (Å²) in [7, 11) is 0. The maximum absolute atomic E-state index is 5.56. The lowest BCUT2D eigenvalue weighted by Gasteiger charge is -2.15. The van der Waals surface area contributed by atoms with Crippen LogP contribution in [0.15, 0.2) is 0 Å². The zero-order valence-corrected chi connectivity index (χ0v) is 6.46. The van der Waals surface area contributed by atoms with Gasteiger partial charge in [-0.15, -0.1) is 0 Å². The molecule has 0 aromatic rings. The zero-order chi connectivity index (χ0) is 8.15. The van der Waals surface area contributed by atoms with Gasteiger partial charge >= 0.3 is 0 Å². The van der Waals surface area contributed by atoms with Gasteiger partial charge in [0.25, 0.3) is 0 Å². The number of hydrogen-bond donors (Lipinski definition) is 4. The second kappa shape index (κ2) is 4.62. The molecule has 0 rings (SSSR count). The second-order valence-electron chi connectivity index (χ2n) is 2.80. The summed E-state index contributed by atoms with van der Waals surface area (Å²) >= 11 is 0. The molecular weight excluding hydrogens is 128 g/mol. The fourth-order valence-corrected chi connectivity index (χ4v) is 0.648. The normalized spacial score (nSPS) is 17.4. The van der Waals surface area contributed by atoms with E-state index in [1.54, 1.807) is 0 Å². The lowest BCUT2D eigenvalue weighted by Crippen LogP contribution is -2.48. The quantitative estimate of drug-likeness (QED) is 0.369. The zero-order valence-electron chi connectivity index (χ0n) is 6.46. The minimum atomic E-state index is -0.418. The second-order valence-corrected chi connectivity index (χ2v) is 2.80. The number of rotatable bonds is 4. The van der Waals surface area contributed by atoms with Gasteiger partial charge in [-0.3, -0.25) is 0 Å². The first-order valence-electron chi connectivity index (χ1n) is 3.56. The topological polar surface area (TPSA) is 104 Å². The molecule has 8 N–H and O–H groups in total. The first kappa shape index (κ1) is 9.84. The molecule has 0 saturated heterocycles. The van der Waals surface area contributed by atoms with E-state index in [9.17, 15) is 0 Å². The molecule has 0 heterocycles. The molecule has 0 fully saturated rings. The monoisotopic (exact) mass is 146 g/mol. The third kappa shape index (κ3) is 4.69. The highest BCUT2D eigenvalue weighted by Crippen LogP contribution is 1.97. The van der Waals surface area contributed by atoms with E-state index in [-0.39, 0.29) is 12.1 Å². The van der Waals surface area contributed by atoms with Crippen molar-refractivity contribution < 1.29 is 0 Å². The summed E-state index contributed by atoms with van der Waals surface area (Å²) in [6.07, 6.45) is 1.26. The Labute approximate surface area is 61.9 Å². The fourth-order valence-electron chi connectivity index (χ4n) is 0.648. The predicted octanol–water partition coefficient (Wildman–Crippen LogP) is -1.32. The molecular formula is C6H18N4. The minimum Gasteiger partial charge on any atom is -0.328 e. The molecule has 10 heavy (non-hydrogen) atoms. The molecule has 0 radical (unpaired) electrons. The van der Waals surface area contributed by atoms with Gasteiger partial charge in [-0.05, 0) is 19.8 Å². The van der Waals surface area contributed by atoms with Gasteiger partial charge in [-0.2, -0.15) is 0 Å². The van der Waals surface area contributed by atoms with Crippen LogP contribution >= 0.6 is 0 Å². The molecule has 0 bridgehead atoms. The summed E-state index contributed by atoms with van der Waals surface area (Å²) in [5.74, 6) is 0. The molecule has 0 aliphatic heterocycles. The van der Waals surface area contributed by atoms with Crippen LogP contribution in [0.3, 0.4) is 0 Å². The van der Waals surface area contributed by atoms with E-state index in [1.165, 1.54) is 0 Å². The lowest BCUT2D eigenvalue weighted by molar-refractivity contribution is 0.471. The molecule has 0 aliphatic rings. The fraction of sp³-hybridized carbons (Fsp3) is 1.00. The van der Waals surface area contributed by atoms with Crippen molar-refractivity contribution in [3.63, 3.8) is 0 Å². The number of hydrogen-bond acceptors (Lipinski definition) is 4. The van der Waals surface area contributed by atoms with Crippen LogP contribution in [-0.4, -0.2) is 18.2 Å². The van der Waals surface area contributed by atoms with Gasteiger partial charge in [0.05, 0.1) is 6.17 Å². The summed E-state index contributed by atoms with van der Waals surface area (Å²) in [6, 6.07) is 0.0656. The van der Waals surface area contributed by atoms with Crippen LogP contribution in [-0.2, 0) is 0 Å². The van der Waals surface area contributed by atoms with E-state index in [1.807, 2.05) is 6.92 Å². The maximum atomic E-state index is 5.56. The van der Waals surface area contributed by atoms with Crippen molar-refractivity contribution in [3.8, 4) is 0 Å². The van der Waals surface area contributed by atoms with Crippen LogP contribution in [0.2, 0.25) is 0 Å². The van der Waals surface area contributed by atoms with Crippen LogP contribution in [0.25, 0.3) is 0 Å². The maximum Gasteiger partial charge on any atom is 0.0677 e. The average Bonchev–Trinajstić information content (AvgIpc) is 1.82. The van der Waals surface area contributed by atoms with Crippen molar-refractivity contribution in [2.24, 2.45) is 22.9 Å². The van der Waals surface area contributed by atoms with Crippen molar-refractivity contribution in [2.45, 2.75) is 38.0 Å². The Hall–Kier alpha value is -0.160. The van der Waals surface area contributed by atoms with Gasteiger partial charge in [0, 0.05) is 12.1 Å². The van der Waals surface area contributed by atoms with Gasteiger partial charge in [0.1, 0.15) is 0 Å². The van der Waals surface area contributed by atoms with E-state index < -0.39 is 6.17 Å². The highest BCUT2D eigenvalue weighted by atomic mass is 14.9. The largest absolute Gasteiger partial charge is 0.328 e. The van der Waals surface area contributed by atoms with E-state index in [2.05, 4.69) is 0 Å². The van der Waals surface area contributed by atoms with Crippen molar-refractivity contribution >= 4 is 0 Å².